The third kappa shape index (κ3) is 4.36. The van der Waals surface area contributed by atoms with Gasteiger partial charge in [0.05, 0.1) is 0 Å². The molecule has 20 heavy (non-hydrogen) atoms. The average Bonchev–Trinajstić information content (AvgIpc) is 2.27. The predicted octanol–water partition coefficient (Wildman–Crippen LogP) is -2.46. The molecular weight excluding hydrogens is 284 g/mol. The molecule has 7 heteroatoms. The molecule has 0 saturated heterocycles. The van der Waals surface area contributed by atoms with Gasteiger partial charge in [0.2, 0.25) is 5.52 Å². The van der Waals surface area contributed by atoms with E-state index in [1.807, 2.05) is 0 Å². The van der Waals surface area contributed by atoms with Crippen molar-refractivity contribution in [3.63, 3.8) is 0 Å². The maximum atomic E-state index is 8.49. The number of halogens is 1. The Morgan fingerprint density at radius 2 is 1.40 bits per heavy atom. The van der Waals surface area contributed by atoms with E-state index < -0.39 is 10.2 Å². The molecule has 1 aromatic heterocycles. The molecule has 0 N–H and O–H groups in total. The molecule has 6 nitrogen and oxygen atoms in total. The summed E-state index contributed by atoms with van der Waals surface area (Å²) in [6.07, 6.45) is 0. The Morgan fingerprint density at radius 3 is 1.90 bits per heavy atom. The van der Waals surface area contributed by atoms with Crippen LogP contribution < -0.4 is 23.2 Å². The summed E-state index contributed by atoms with van der Waals surface area (Å²) < 4.78 is 36.2. The van der Waals surface area contributed by atoms with Gasteiger partial charge in [0.15, 0.2) is 5.69 Å². The zero-order chi connectivity index (χ0) is 15.7. The molecule has 110 valence electrons. The van der Waals surface area contributed by atoms with Crippen LogP contribution in [-0.2, 0) is 7.05 Å². The number of aryl methyl sites for hydroxylation is 4. The van der Waals surface area contributed by atoms with Gasteiger partial charge in [-0.2, -0.15) is 4.57 Å². The molecule has 2 aromatic rings. The van der Waals surface area contributed by atoms with Gasteiger partial charge in [-0.25, -0.2) is 23.6 Å². The van der Waals surface area contributed by atoms with Gasteiger partial charge >= 0.3 is 0 Å². The Balaban J connectivity index is 0.000000347. The number of hydrogen-bond acceptors (Lipinski definition) is 5. The Bertz CT molecular complexity index is 627. The van der Waals surface area contributed by atoms with Crippen molar-refractivity contribution in [2.75, 3.05) is 0 Å². The highest BCUT2D eigenvalue weighted by Gasteiger charge is 2.13. The summed E-state index contributed by atoms with van der Waals surface area (Å²) in [5.74, 6) is 0. The Morgan fingerprint density at radius 1 is 0.950 bits per heavy atom. The van der Waals surface area contributed by atoms with Crippen molar-refractivity contribution in [3.05, 3.63) is 34.6 Å². The Labute approximate surface area is 119 Å². The monoisotopic (exact) mass is 300 g/mol. The molecule has 0 radical (unpaired) electrons. The van der Waals surface area contributed by atoms with E-state index in [-0.39, 0.29) is 0 Å². The minimum absolute atomic E-state index is 1.09. The average molecular weight is 301 g/mol. The summed E-state index contributed by atoms with van der Waals surface area (Å²) in [4.78, 5) is 4.62. The fourth-order valence-corrected chi connectivity index (χ4v) is 1.83. The number of rotatable bonds is 0. The molecule has 0 aliphatic carbocycles. The topological polar surface area (TPSA) is 109 Å². The fraction of sp³-hybridized carbons (Fsp3) is 0.385. The van der Waals surface area contributed by atoms with E-state index in [9.17, 15) is 0 Å². The standard InChI is InChI=1S/C13H17N2.ClHO4/c1-8-6-12-13(7-9(8)2)15(5)11(4)10(3)14-12;2-1(3,4)5/h6-7H,1-5H3;(H,2,3,4,5)/q+1;/p-1. The van der Waals surface area contributed by atoms with Crippen molar-refractivity contribution in [2.45, 2.75) is 27.7 Å². The number of nitrogens with zero attached hydrogens (tertiary/aromatic N) is 2. The maximum Gasteiger partial charge on any atom is 0.231 e. The normalized spacial score (nSPS) is 11.2. The summed E-state index contributed by atoms with van der Waals surface area (Å²) in [5.41, 5.74) is 7.25. The molecule has 0 saturated carbocycles. The third-order valence-electron chi connectivity index (χ3n) is 3.27. The van der Waals surface area contributed by atoms with Crippen molar-refractivity contribution in [1.82, 2.24) is 4.98 Å². The van der Waals surface area contributed by atoms with Crippen LogP contribution in [0.3, 0.4) is 0 Å². The molecule has 0 atom stereocenters. The van der Waals surface area contributed by atoms with Gasteiger partial charge in [0.25, 0.3) is 0 Å². The molecule has 0 amide bonds. The van der Waals surface area contributed by atoms with E-state index in [0.29, 0.717) is 0 Å². The van der Waals surface area contributed by atoms with Gasteiger partial charge in [0.1, 0.15) is 18.3 Å². The van der Waals surface area contributed by atoms with E-state index in [1.54, 1.807) is 0 Å². The van der Waals surface area contributed by atoms with E-state index in [0.717, 1.165) is 11.2 Å². The number of fused-ring (bicyclic) bond motifs is 1. The van der Waals surface area contributed by atoms with Crippen molar-refractivity contribution in [2.24, 2.45) is 7.05 Å². The second-order valence-electron chi connectivity index (χ2n) is 4.64. The minimum atomic E-state index is -4.94. The van der Waals surface area contributed by atoms with Crippen LogP contribution in [0.15, 0.2) is 12.1 Å². The summed E-state index contributed by atoms with van der Waals surface area (Å²) in [6, 6.07) is 4.38. The number of hydrogen-bond donors (Lipinski definition) is 0. The van der Waals surface area contributed by atoms with Crippen LogP contribution in [0.2, 0.25) is 0 Å². The number of benzene rings is 1. The van der Waals surface area contributed by atoms with Crippen LogP contribution >= 0.6 is 0 Å². The SMILES string of the molecule is Cc1cc2nc(C)c(C)[n+](C)c2cc1C.[O-][Cl+3]([O-])([O-])[O-]. The summed E-state index contributed by atoms with van der Waals surface area (Å²) in [5, 5.41) is 0. The molecule has 0 aliphatic rings. The first kappa shape index (κ1) is 16.7. The summed E-state index contributed by atoms with van der Waals surface area (Å²) in [6.45, 7) is 8.44. The first-order valence-electron chi connectivity index (χ1n) is 5.86. The van der Waals surface area contributed by atoms with Crippen LogP contribution in [0.5, 0.6) is 0 Å². The highest BCUT2D eigenvalue weighted by molar-refractivity contribution is 5.73. The Kier molecular flexibility index (Phi) is 5.01. The van der Waals surface area contributed by atoms with Crippen LogP contribution in [0, 0.1) is 37.9 Å². The van der Waals surface area contributed by atoms with Crippen molar-refractivity contribution < 1.29 is 33.4 Å². The molecule has 1 aromatic carbocycles. The van der Waals surface area contributed by atoms with Crippen LogP contribution in [0.1, 0.15) is 22.5 Å². The van der Waals surface area contributed by atoms with Gasteiger partial charge in [-0.15, -0.1) is 10.2 Å². The number of aromatic nitrogens is 2. The summed E-state index contributed by atoms with van der Waals surface area (Å²) in [7, 11) is -2.85. The third-order valence-corrected chi connectivity index (χ3v) is 3.27. The lowest BCUT2D eigenvalue weighted by Gasteiger charge is -2.17. The quantitative estimate of drug-likeness (QED) is 0.501. The lowest BCUT2D eigenvalue weighted by molar-refractivity contribution is -2.00. The molecule has 2 rings (SSSR count). The van der Waals surface area contributed by atoms with Gasteiger partial charge in [-0.05, 0) is 38.0 Å². The van der Waals surface area contributed by atoms with E-state index in [1.165, 1.54) is 22.3 Å². The summed E-state index contributed by atoms with van der Waals surface area (Å²) >= 11 is 0. The second-order valence-corrected chi connectivity index (χ2v) is 5.40. The Hall–Kier alpha value is -1.31. The van der Waals surface area contributed by atoms with Crippen molar-refractivity contribution >= 4 is 11.0 Å². The van der Waals surface area contributed by atoms with Crippen LogP contribution in [-0.4, -0.2) is 4.98 Å². The lowest BCUT2D eigenvalue weighted by atomic mass is 10.1. The lowest BCUT2D eigenvalue weighted by Crippen LogP contribution is -2.68. The largest absolute Gasteiger partial charge is 0.240 e. The highest BCUT2D eigenvalue weighted by Crippen LogP contribution is 2.15. The van der Waals surface area contributed by atoms with Crippen LogP contribution in [0.25, 0.3) is 11.0 Å². The predicted molar refractivity (Wildman–Crippen MR) is 61.9 cm³/mol. The molecule has 0 fully saturated rings. The molecule has 1 heterocycles. The highest BCUT2D eigenvalue weighted by atomic mass is 35.7. The van der Waals surface area contributed by atoms with E-state index in [2.05, 4.69) is 56.4 Å². The maximum absolute atomic E-state index is 8.49. The molecule has 0 spiro atoms. The zero-order valence-electron chi connectivity index (χ0n) is 12.1. The molecule has 0 unspecified atom stereocenters. The molecule has 0 bridgehead atoms. The smallest absolute Gasteiger partial charge is 0.231 e. The van der Waals surface area contributed by atoms with Gasteiger partial charge in [-0.3, -0.25) is 0 Å². The van der Waals surface area contributed by atoms with E-state index in [4.69, 9.17) is 18.6 Å². The second kappa shape index (κ2) is 5.99. The molecular formula is C13H17ClN2O4. The first-order valence-corrected chi connectivity index (χ1v) is 7.10. The zero-order valence-corrected chi connectivity index (χ0v) is 12.8. The van der Waals surface area contributed by atoms with Crippen molar-refractivity contribution in [3.8, 4) is 0 Å². The van der Waals surface area contributed by atoms with E-state index >= 15 is 0 Å². The van der Waals surface area contributed by atoms with Crippen molar-refractivity contribution in [1.29, 1.82) is 0 Å². The van der Waals surface area contributed by atoms with Crippen LogP contribution in [0.4, 0.5) is 0 Å². The van der Waals surface area contributed by atoms with Gasteiger partial charge < -0.3 is 0 Å². The first-order chi connectivity index (χ1) is 9.00. The van der Waals surface area contributed by atoms with Gasteiger partial charge in [-0.1, -0.05) is 0 Å². The van der Waals surface area contributed by atoms with Gasteiger partial charge in [0, 0.05) is 13.0 Å². The fourth-order valence-electron chi connectivity index (χ4n) is 1.83. The molecule has 0 aliphatic heterocycles. The minimum Gasteiger partial charge on any atom is -0.240 e.